The zero-order valence-corrected chi connectivity index (χ0v) is 12.8. The van der Waals surface area contributed by atoms with Gasteiger partial charge in [0, 0.05) is 37.8 Å². The molecule has 1 saturated heterocycles. The van der Waals surface area contributed by atoms with E-state index in [1.54, 1.807) is 0 Å². The molecule has 1 aromatic heterocycles. The Balaban J connectivity index is 1.76. The topological polar surface area (TPSA) is 54.1 Å². The van der Waals surface area contributed by atoms with Gasteiger partial charge >= 0.3 is 0 Å². The Morgan fingerprint density at radius 1 is 1.38 bits per heavy atom. The van der Waals surface area contributed by atoms with Gasteiger partial charge in [0.15, 0.2) is 0 Å². The standard InChI is InChI=1S/C16H24N4O/c1-19-10-14(11-20-7-8-21-12-15(20)9-17)16(18-19)13-5-3-2-4-6-13/h10,13,15H,2-8,11-12H2,1H3/t15-/m0/s1. The molecule has 2 fully saturated rings. The first kappa shape index (κ1) is 14.6. The zero-order valence-electron chi connectivity index (χ0n) is 12.8. The second-order valence-electron chi connectivity index (χ2n) is 6.24. The monoisotopic (exact) mass is 288 g/mol. The van der Waals surface area contributed by atoms with E-state index < -0.39 is 0 Å². The first-order valence-corrected chi connectivity index (χ1v) is 8.01. The van der Waals surface area contributed by atoms with Crippen LogP contribution < -0.4 is 0 Å². The summed E-state index contributed by atoms with van der Waals surface area (Å²) >= 11 is 0. The fourth-order valence-corrected chi connectivity index (χ4v) is 3.56. The molecule has 1 saturated carbocycles. The van der Waals surface area contributed by atoms with Crippen LogP contribution in [0.1, 0.15) is 49.3 Å². The van der Waals surface area contributed by atoms with E-state index in [1.807, 2.05) is 11.7 Å². The summed E-state index contributed by atoms with van der Waals surface area (Å²) in [6.45, 7) is 2.89. The quantitative estimate of drug-likeness (QED) is 0.855. The van der Waals surface area contributed by atoms with Crippen molar-refractivity contribution in [3.05, 3.63) is 17.5 Å². The lowest BCUT2D eigenvalue weighted by molar-refractivity contribution is 0.00871. The van der Waals surface area contributed by atoms with Crippen LogP contribution in [0.5, 0.6) is 0 Å². The molecule has 1 atom stereocenters. The first-order chi connectivity index (χ1) is 10.3. The van der Waals surface area contributed by atoms with E-state index in [2.05, 4.69) is 17.2 Å². The summed E-state index contributed by atoms with van der Waals surface area (Å²) in [5.41, 5.74) is 2.56. The minimum absolute atomic E-state index is 0.127. The average Bonchev–Trinajstić information content (AvgIpc) is 2.89. The van der Waals surface area contributed by atoms with Crippen molar-refractivity contribution in [3.63, 3.8) is 0 Å². The highest BCUT2D eigenvalue weighted by atomic mass is 16.5. The molecule has 1 aliphatic heterocycles. The number of ether oxygens (including phenoxy) is 1. The molecule has 0 aromatic carbocycles. The van der Waals surface area contributed by atoms with Crippen LogP contribution in [0.4, 0.5) is 0 Å². The minimum Gasteiger partial charge on any atom is -0.377 e. The van der Waals surface area contributed by atoms with E-state index in [9.17, 15) is 5.26 Å². The van der Waals surface area contributed by atoms with Crippen molar-refractivity contribution < 1.29 is 4.74 Å². The summed E-state index contributed by atoms with van der Waals surface area (Å²) in [6, 6.07) is 2.23. The summed E-state index contributed by atoms with van der Waals surface area (Å²) in [6.07, 6.45) is 8.65. The van der Waals surface area contributed by atoms with Crippen LogP contribution in [0.2, 0.25) is 0 Å². The van der Waals surface area contributed by atoms with E-state index in [0.717, 1.165) is 19.7 Å². The fraction of sp³-hybridized carbons (Fsp3) is 0.750. The Labute approximate surface area is 126 Å². The fourth-order valence-electron chi connectivity index (χ4n) is 3.56. The molecule has 0 radical (unpaired) electrons. The Hall–Kier alpha value is -1.38. The van der Waals surface area contributed by atoms with Crippen LogP contribution in [0, 0.1) is 11.3 Å². The molecule has 21 heavy (non-hydrogen) atoms. The van der Waals surface area contributed by atoms with Crippen molar-refractivity contribution in [3.8, 4) is 6.07 Å². The van der Waals surface area contributed by atoms with Crippen LogP contribution >= 0.6 is 0 Å². The number of aryl methyl sites for hydroxylation is 1. The molecule has 1 aromatic rings. The van der Waals surface area contributed by atoms with Crippen molar-refractivity contribution in [2.45, 2.75) is 50.6 Å². The molecule has 5 heteroatoms. The van der Waals surface area contributed by atoms with Gasteiger partial charge < -0.3 is 4.74 Å². The number of aromatic nitrogens is 2. The number of hydrogen-bond acceptors (Lipinski definition) is 4. The Morgan fingerprint density at radius 3 is 2.95 bits per heavy atom. The van der Waals surface area contributed by atoms with Gasteiger partial charge in [-0.15, -0.1) is 0 Å². The number of hydrogen-bond donors (Lipinski definition) is 0. The molecule has 0 bridgehead atoms. The normalized spacial score (nSPS) is 24.9. The summed E-state index contributed by atoms with van der Waals surface area (Å²) in [5.74, 6) is 0.608. The van der Waals surface area contributed by atoms with Gasteiger partial charge in [0.05, 0.1) is 25.0 Å². The lowest BCUT2D eigenvalue weighted by Gasteiger charge is -2.31. The van der Waals surface area contributed by atoms with Crippen LogP contribution in [0.3, 0.4) is 0 Å². The molecule has 0 spiro atoms. The molecule has 0 N–H and O–H groups in total. The molecule has 3 rings (SSSR count). The third kappa shape index (κ3) is 3.28. The lowest BCUT2D eigenvalue weighted by Crippen LogP contribution is -2.44. The largest absolute Gasteiger partial charge is 0.377 e. The molecule has 2 heterocycles. The van der Waals surface area contributed by atoms with Crippen LogP contribution in [0.25, 0.3) is 0 Å². The summed E-state index contributed by atoms with van der Waals surface area (Å²) in [7, 11) is 2.00. The first-order valence-electron chi connectivity index (χ1n) is 8.01. The van der Waals surface area contributed by atoms with Crippen LogP contribution in [-0.2, 0) is 18.3 Å². The van der Waals surface area contributed by atoms with Crippen molar-refractivity contribution in [1.29, 1.82) is 5.26 Å². The second kappa shape index (κ2) is 6.59. The lowest BCUT2D eigenvalue weighted by atomic mass is 9.85. The van der Waals surface area contributed by atoms with E-state index >= 15 is 0 Å². The minimum atomic E-state index is -0.127. The summed E-state index contributed by atoms with van der Waals surface area (Å²) in [4.78, 5) is 2.23. The molecular weight excluding hydrogens is 264 g/mol. The van der Waals surface area contributed by atoms with Crippen LogP contribution in [0.15, 0.2) is 6.20 Å². The molecule has 1 aliphatic carbocycles. The summed E-state index contributed by atoms with van der Waals surface area (Å²) < 4.78 is 7.34. The highest BCUT2D eigenvalue weighted by Gasteiger charge is 2.27. The molecule has 5 nitrogen and oxygen atoms in total. The van der Waals surface area contributed by atoms with Crippen molar-refractivity contribution >= 4 is 0 Å². The number of rotatable bonds is 3. The van der Waals surface area contributed by atoms with Gasteiger partial charge in [-0.25, -0.2) is 0 Å². The second-order valence-corrected chi connectivity index (χ2v) is 6.24. The molecule has 2 aliphatic rings. The number of morpholine rings is 1. The van der Waals surface area contributed by atoms with E-state index in [-0.39, 0.29) is 6.04 Å². The SMILES string of the molecule is Cn1cc(CN2CCOC[C@@H]2C#N)c(C2CCCCC2)n1. The van der Waals surface area contributed by atoms with Gasteiger partial charge in [-0.2, -0.15) is 10.4 Å². The number of nitrogens with zero attached hydrogens (tertiary/aromatic N) is 4. The van der Waals surface area contributed by atoms with Crippen molar-refractivity contribution in [2.24, 2.45) is 7.05 Å². The third-order valence-corrected chi connectivity index (χ3v) is 4.69. The number of nitriles is 1. The molecule has 0 amide bonds. The van der Waals surface area contributed by atoms with Gasteiger partial charge in [0.1, 0.15) is 6.04 Å². The predicted molar refractivity (Wildman–Crippen MR) is 79.7 cm³/mol. The van der Waals surface area contributed by atoms with Gasteiger partial charge in [-0.3, -0.25) is 9.58 Å². The smallest absolute Gasteiger partial charge is 0.122 e. The van der Waals surface area contributed by atoms with E-state index in [1.165, 1.54) is 43.4 Å². The molecule has 0 unspecified atom stereocenters. The molecular formula is C16H24N4O. The molecule has 114 valence electrons. The van der Waals surface area contributed by atoms with E-state index in [0.29, 0.717) is 12.5 Å². The Kier molecular flexibility index (Phi) is 4.57. The predicted octanol–water partition coefficient (Wildman–Crippen LogP) is 2.19. The van der Waals surface area contributed by atoms with E-state index in [4.69, 9.17) is 9.84 Å². The maximum absolute atomic E-state index is 9.27. The van der Waals surface area contributed by atoms with Gasteiger partial charge in [-0.05, 0) is 12.8 Å². The highest BCUT2D eigenvalue weighted by Crippen LogP contribution is 2.34. The maximum atomic E-state index is 9.27. The van der Waals surface area contributed by atoms with Gasteiger partial charge in [0.2, 0.25) is 0 Å². The third-order valence-electron chi connectivity index (χ3n) is 4.69. The highest BCUT2D eigenvalue weighted by molar-refractivity contribution is 5.22. The van der Waals surface area contributed by atoms with Crippen molar-refractivity contribution in [2.75, 3.05) is 19.8 Å². The Bertz CT molecular complexity index is 513. The van der Waals surface area contributed by atoms with Gasteiger partial charge in [-0.1, -0.05) is 19.3 Å². The Morgan fingerprint density at radius 2 is 2.19 bits per heavy atom. The zero-order chi connectivity index (χ0) is 14.7. The van der Waals surface area contributed by atoms with Gasteiger partial charge in [0.25, 0.3) is 0 Å². The average molecular weight is 288 g/mol. The van der Waals surface area contributed by atoms with Crippen LogP contribution in [-0.4, -0.2) is 40.5 Å². The summed E-state index contributed by atoms with van der Waals surface area (Å²) in [5, 5.41) is 14.0. The van der Waals surface area contributed by atoms with Crippen molar-refractivity contribution in [1.82, 2.24) is 14.7 Å². The maximum Gasteiger partial charge on any atom is 0.122 e.